The molecule has 9 heteroatoms. The molecule has 3 aromatic rings. The summed E-state index contributed by atoms with van der Waals surface area (Å²) >= 11 is 5.88. The predicted octanol–water partition coefficient (Wildman–Crippen LogP) is 4.32. The summed E-state index contributed by atoms with van der Waals surface area (Å²) in [5.74, 6) is 0.172. The minimum Gasteiger partial charge on any atom is -0.337 e. The number of rotatable bonds is 6. The zero-order valence-electron chi connectivity index (χ0n) is 20.4. The van der Waals surface area contributed by atoms with Crippen molar-refractivity contribution < 1.29 is 9.59 Å². The minimum atomic E-state index is -0.309. The van der Waals surface area contributed by atoms with Crippen LogP contribution in [0, 0.1) is 6.92 Å². The van der Waals surface area contributed by atoms with E-state index in [1.54, 1.807) is 18.2 Å². The number of nitrogens with zero attached hydrogens (tertiary/aromatic N) is 5. The van der Waals surface area contributed by atoms with Crippen LogP contribution >= 0.6 is 11.6 Å². The smallest absolute Gasteiger partial charge is 0.259 e. The highest BCUT2D eigenvalue weighted by atomic mass is 35.5. The van der Waals surface area contributed by atoms with Gasteiger partial charge in [-0.25, -0.2) is 9.97 Å². The van der Waals surface area contributed by atoms with Gasteiger partial charge in [0, 0.05) is 31.9 Å². The molecule has 0 spiro atoms. The minimum absolute atomic E-state index is 0.0118. The lowest BCUT2D eigenvalue weighted by Crippen LogP contribution is -2.35. The van der Waals surface area contributed by atoms with E-state index in [1.165, 1.54) is 6.20 Å². The van der Waals surface area contributed by atoms with E-state index < -0.39 is 0 Å². The Balaban J connectivity index is 1.67. The zero-order valence-corrected chi connectivity index (χ0v) is 21.1. The van der Waals surface area contributed by atoms with E-state index in [1.807, 2.05) is 55.1 Å². The van der Waals surface area contributed by atoms with E-state index in [-0.39, 0.29) is 17.9 Å². The molecule has 8 nitrogen and oxygen atoms in total. The summed E-state index contributed by atoms with van der Waals surface area (Å²) in [4.78, 5) is 38.7. The van der Waals surface area contributed by atoms with E-state index >= 15 is 0 Å². The van der Waals surface area contributed by atoms with E-state index in [0.29, 0.717) is 36.3 Å². The zero-order chi connectivity index (χ0) is 24.9. The van der Waals surface area contributed by atoms with Gasteiger partial charge in [0.05, 0.1) is 22.6 Å². The Morgan fingerprint density at radius 2 is 2.06 bits per heavy atom. The molecule has 2 amide bonds. The molecule has 4 rings (SSSR count). The van der Waals surface area contributed by atoms with Crippen LogP contribution in [0.15, 0.2) is 48.7 Å². The van der Waals surface area contributed by atoms with Gasteiger partial charge in [0.1, 0.15) is 5.15 Å². The van der Waals surface area contributed by atoms with Gasteiger partial charge in [-0.05, 0) is 64.0 Å². The number of aryl methyl sites for hydroxylation is 1. The summed E-state index contributed by atoms with van der Waals surface area (Å²) in [6, 6.07) is 9.15. The van der Waals surface area contributed by atoms with Crippen LogP contribution < -0.4 is 5.32 Å². The van der Waals surface area contributed by atoms with Crippen molar-refractivity contribution in [1.82, 2.24) is 24.3 Å². The van der Waals surface area contributed by atoms with Crippen molar-refractivity contribution in [2.75, 3.05) is 39.0 Å². The molecule has 0 saturated carbocycles. The maximum absolute atomic E-state index is 13.0. The van der Waals surface area contributed by atoms with Crippen LogP contribution in [0.2, 0.25) is 5.15 Å². The normalized spacial score (nSPS) is 16.7. The number of para-hydroxylation sites is 1. The Labute approximate surface area is 210 Å². The summed E-state index contributed by atoms with van der Waals surface area (Å²) < 4.78 is 2.10. The molecular formula is C26H31ClN6O2. The molecule has 1 aliphatic heterocycles. The third kappa shape index (κ3) is 5.89. The highest BCUT2D eigenvalue weighted by Crippen LogP contribution is 2.32. The predicted molar refractivity (Wildman–Crippen MR) is 139 cm³/mol. The second kappa shape index (κ2) is 11.0. The highest BCUT2D eigenvalue weighted by molar-refractivity contribution is 6.29. The fourth-order valence-electron chi connectivity index (χ4n) is 4.45. The first-order valence-corrected chi connectivity index (χ1v) is 12.2. The van der Waals surface area contributed by atoms with Crippen LogP contribution in [0.1, 0.15) is 41.2 Å². The molecular weight excluding hydrogens is 464 g/mol. The molecule has 2 aromatic heterocycles. The molecule has 3 heterocycles. The maximum Gasteiger partial charge on any atom is 0.259 e. The number of aromatic nitrogens is 3. The summed E-state index contributed by atoms with van der Waals surface area (Å²) in [7, 11) is 3.94. The van der Waals surface area contributed by atoms with Crippen LogP contribution in [0.4, 0.5) is 5.95 Å². The lowest BCUT2D eigenvalue weighted by atomic mass is 10.1. The van der Waals surface area contributed by atoms with E-state index in [4.69, 9.17) is 16.6 Å². The number of carbonyl (C=O) groups is 2. The number of carbonyl (C=O) groups excluding carboxylic acids is 2. The number of halogens is 1. The number of benzene rings is 1. The Morgan fingerprint density at radius 3 is 2.80 bits per heavy atom. The number of fused-ring (bicyclic) bond motifs is 1. The Kier molecular flexibility index (Phi) is 7.83. The molecule has 35 heavy (non-hydrogen) atoms. The number of imidazole rings is 1. The van der Waals surface area contributed by atoms with Crippen molar-refractivity contribution in [3.8, 4) is 0 Å². The first-order chi connectivity index (χ1) is 16.8. The Morgan fingerprint density at radius 1 is 1.23 bits per heavy atom. The number of likely N-dealkylation sites (tertiary alicyclic amines) is 1. The molecule has 1 fully saturated rings. The Bertz CT molecular complexity index is 1230. The quantitative estimate of drug-likeness (QED) is 0.407. The fourth-order valence-corrected chi connectivity index (χ4v) is 4.56. The molecule has 1 saturated heterocycles. The summed E-state index contributed by atoms with van der Waals surface area (Å²) in [5, 5.41) is 3.30. The average molecular weight is 495 g/mol. The lowest BCUT2D eigenvalue weighted by Gasteiger charge is -2.26. The number of hydrogen-bond acceptors (Lipinski definition) is 5. The molecule has 0 aliphatic carbocycles. The first-order valence-electron chi connectivity index (χ1n) is 11.8. The number of pyridine rings is 1. The first kappa shape index (κ1) is 24.9. The van der Waals surface area contributed by atoms with Gasteiger partial charge >= 0.3 is 0 Å². The summed E-state index contributed by atoms with van der Waals surface area (Å²) in [5.41, 5.74) is 3.24. The third-order valence-electron chi connectivity index (χ3n) is 6.18. The van der Waals surface area contributed by atoms with Gasteiger partial charge in [0.2, 0.25) is 11.9 Å². The molecule has 0 bridgehead atoms. The van der Waals surface area contributed by atoms with Crippen LogP contribution in [0.3, 0.4) is 0 Å². The molecule has 0 radical (unpaired) electrons. The molecule has 184 valence electrons. The van der Waals surface area contributed by atoms with Gasteiger partial charge in [-0.15, -0.1) is 0 Å². The topological polar surface area (TPSA) is 83.4 Å². The van der Waals surface area contributed by atoms with Gasteiger partial charge < -0.3 is 14.4 Å². The summed E-state index contributed by atoms with van der Waals surface area (Å²) in [6.07, 6.45) is 7.81. The van der Waals surface area contributed by atoms with Crippen LogP contribution in [-0.4, -0.2) is 69.9 Å². The van der Waals surface area contributed by atoms with Gasteiger partial charge in [0.15, 0.2) is 0 Å². The monoisotopic (exact) mass is 494 g/mol. The molecule has 1 N–H and O–H groups in total. The second-order valence-corrected chi connectivity index (χ2v) is 9.56. The van der Waals surface area contributed by atoms with Gasteiger partial charge in [0.25, 0.3) is 5.91 Å². The van der Waals surface area contributed by atoms with Gasteiger partial charge in [-0.3, -0.25) is 14.9 Å². The van der Waals surface area contributed by atoms with Crippen molar-refractivity contribution in [3.05, 3.63) is 65.0 Å². The van der Waals surface area contributed by atoms with E-state index in [9.17, 15) is 9.59 Å². The highest BCUT2D eigenvalue weighted by Gasteiger charge is 2.27. The van der Waals surface area contributed by atoms with Crippen molar-refractivity contribution in [2.24, 2.45) is 0 Å². The van der Waals surface area contributed by atoms with Crippen molar-refractivity contribution >= 4 is 40.4 Å². The van der Waals surface area contributed by atoms with Crippen LogP contribution in [-0.2, 0) is 4.79 Å². The number of anilines is 1. The van der Waals surface area contributed by atoms with Crippen LogP contribution in [0.25, 0.3) is 11.0 Å². The van der Waals surface area contributed by atoms with E-state index in [2.05, 4.69) is 14.9 Å². The standard InChI is InChI=1S/C26H31ClN6O2/c1-18-8-6-10-21-24(18)33(26(29-21)30-25(35)19-12-13-22(27)28-16-19)20-9-4-5-15-32(17-20)23(34)11-7-14-31(2)3/h6-8,10-13,16,20H,4-5,9,14-15,17H2,1-3H3,(H,29,30,35)/t20-/m1/s1. The van der Waals surface area contributed by atoms with E-state index in [0.717, 1.165) is 35.9 Å². The summed E-state index contributed by atoms with van der Waals surface area (Å²) in [6.45, 7) is 4.02. The third-order valence-corrected chi connectivity index (χ3v) is 6.40. The van der Waals surface area contributed by atoms with Crippen molar-refractivity contribution in [3.63, 3.8) is 0 Å². The lowest BCUT2D eigenvalue weighted by molar-refractivity contribution is -0.126. The number of hydrogen-bond donors (Lipinski definition) is 1. The largest absolute Gasteiger partial charge is 0.337 e. The maximum atomic E-state index is 13.0. The second-order valence-electron chi connectivity index (χ2n) is 9.17. The fraction of sp³-hybridized carbons (Fsp3) is 0.385. The number of nitrogens with one attached hydrogen (secondary N) is 1. The van der Waals surface area contributed by atoms with Crippen LogP contribution in [0.5, 0.6) is 0 Å². The molecule has 1 aliphatic rings. The van der Waals surface area contributed by atoms with Gasteiger partial charge in [-0.2, -0.15) is 0 Å². The van der Waals surface area contributed by atoms with Gasteiger partial charge in [-0.1, -0.05) is 29.8 Å². The van der Waals surface area contributed by atoms with Crippen molar-refractivity contribution in [1.29, 1.82) is 0 Å². The molecule has 1 aromatic carbocycles. The number of likely N-dealkylation sites (N-methyl/N-ethyl adjacent to an activating group) is 1. The van der Waals surface area contributed by atoms with Crippen molar-refractivity contribution in [2.45, 2.75) is 32.2 Å². The Hall–Kier alpha value is -3.23. The average Bonchev–Trinajstić information content (AvgIpc) is 3.01. The number of amides is 2. The molecule has 0 unspecified atom stereocenters. The molecule has 1 atom stereocenters. The SMILES string of the molecule is Cc1cccc2nc(NC(=O)c3ccc(Cl)nc3)n([C@@H]3CCCCN(C(=O)C=CCN(C)C)C3)c12.